The second kappa shape index (κ2) is 5.40. The van der Waals surface area contributed by atoms with Gasteiger partial charge in [-0.3, -0.25) is 4.90 Å². The van der Waals surface area contributed by atoms with Crippen LogP contribution in [0.5, 0.6) is 0 Å². The van der Waals surface area contributed by atoms with E-state index in [9.17, 15) is 4.79 Å². The van der Waals surface area contributed by atoms with Gasteiger partial charge in [0.05, 0.1) is 12.3 Å². The van der Waals surface area contributed by atoms with Crippen LogP contribution in [0.1, 0.15) is 24.0 Å². The number of cyclic esters (lactones) is 1. The summed E-state index contributed by atoms with van der Waals surface area (Å²) in [5.41, 5.74) is 3.04. The predicted octanol–water partition coefficient (Wildman–Crippen LogP) is 2.40. The summed E-state index contributed by atoms with van der Waals surface area (Å²) in [5, 5.41) is 9.11. The predicted molar refractivity (Wildman–Crippen MR) is 69.9 cm³/mol. The number of aryl methyl sites for hydroxylation is 2. The number of nitrogens with zero attached hydrogens (tertiary/aromatic N) is 1. The van der Waals surface area contributed by atoms with E-state index in [2.05, 4.69) is 0 Å². The molecule has 0 aliphatic carbocycles. The molecule has 0 aromatic heterocycles. The van der Waals surface area contributed by atoms with Crippen molar-refractivity contribution in [3.8, 4) is 0 Å². The van der Waals surface area contributed by atoms with E-state index in [0.29, 0.717) is 13.0 Å². The average molecular weight is 249 g/mol. The first-order valence-electron chi connectivity index (χ1n) is 6.27. The molecule has 1 unspecified atom stereocenters. The molecule has 1 N–H and O–H groups in total. The zero-order valence-corrected chi connectivity index (χ0v) is 10.8. The molecule has 4 heteroatoms. The minimum atomic E-state index is -0.312. The van der Waals surface area contributed by atoms with Gasteiger partial charge < -0.3 is 9.84 Å². The maximum absolute atomic E-state index is 12.0. The van der Waals surface area contributed by atoms with Gasteiger partial charge in [0, 0.05) is 19.1 Å². The van der Waals surface area contributed by atoms with Gasteiger partial charge in [0.25, 0.3) is 0 Å². The maximum Gasteiger partial charge on any atom is 0.414 e. The summed E-state index contributed by atoms with van der Waals surface area (Å²) in [6.07, 6.45) is 1.04. The molecular weight excluding hydrogens is 230 g/mol. The second-order valence-electron chi connectivity index (χ2n) is 4.73. The molecule has 98 valence electrons. The molecule has 1 heterocycles. The van der Waals surface area contributed by atoms with Crippen LogP contribution in [-0.2, 0) is 4.74 Å². The van der Waals surface area contributed by atoms with E-state index in [4.69, 9.17) is 9.84 Å². The Hall–Kier alpha value is -1.55. The summed E-state index contributed by atoms with van der Waals surface area (Å²) in [5.74, 6) is 0. The van der Waals surface area contributed by atoms with E-state index in [1.54, 1.807) is 4.90 Å². The SMILES string of the molecule is Cc1ccc(C)c(N2C(=O)OCCC2CCO)c1. The summed E-state index contributed by atoms with van der Waals surface area (Å²) in [6, 6.07) is 6.04. The lowest BCUT2D eigenvalue weighted by molar-refractivity contribution is 0.124. The summed E-state index contributed by atoms with van der Waals surface area (Å²) >= 11 is 0. The van der Waals surface area contributed by atoms with Crippen LogP contribution < -0.4 is 4.90 Å². The van der Waals surface area contributed by atoms with Crippen LogP contribution in [0.3, 0.4) is 0 Å². The molecule has 1 aliphatic rings. The minimum absolute atomic E-state index is 0.0248. The van der Waals surface area contributed by atoms with Gasteiger partial charge in [0.2, 0.25) is 0 Å². The number of anilines is 1. The molecule has 18 heavy (non-hydrogen) atoms. The Balaban J connectivity index is 2.36. The first-order valence-corrected chi connectivity index (χ1v) is 6.27. The van der Waals surface area contributed by atoms with Crippen molar-refractivity contribution in [2.75, 3.05) is 18.1 Å². The topological polar surface area (TPSA) is 49.8 Å². The zero-order chi connectivity index (χ0) is 13.1. The maximum atomic E-state index is 12.0. The molecule has 1 amide bonds. The highest BCUT2D eigenvalue weighted by atomic mass is 16.6. The van der Waals surface area contributed by atoms with Crippen LogP contribution >= 0.6 is 0 Å². The Labute approximate surface area is 107 Å². The summed E-state index contributed by atoms with van der Waals surface area (Å²) in [7, 11) is 0. The van der Waals surface area contributed by atoms with Crippen molar-refractivity contribution in [1.29, 1.82) is 0 Å². The number of aliphatic hydroxyl groups is 1. The second-order valence-corrected chi connectivity index (χ2v) is 4.73. The van der Waals surface area contributed by atoms with E-state index >= 15 is 0 Å². The fraction of sp³-hybridized carbons (Fsp3) is 0.500. The number of carbonyl (C=O) groups is 1. The van der Waals surface area contributed by atoms with Gasteiger partial charge in [-0.2, -0.15) is 0 Å². The molecule has 1 fully saturated rings. The molecule has 2 rings (SSSR count). The number of hydrogen-bond acceptors (Lipinski definition) is 3. The lowest BCUT2D eigenvalue weighted by Crippen LogP contribution is -2.46. The first-order chi connectivity index (χ1) is 8.63. The highest BCUT2D eigenvalue weighted by Gasteiger charge is 2.31. The normalized spacial score (nSPS) is 19.8. The van der Waals surface area contributed by atoms with E-state index in [1.807, 2.05) is 32.0 Å². The average Bonchev–Trinajstić information content (AvgIpc) is 2.34. The molecule has 1 aromatic carbocycles. The molecule has 0 bridgehead atoms. The van der Waals surface area contributed by atoms with Crippen LogP contribution in [0.4, 0.5) is 10.5 Å². The van der Waals surface area contributed by atoms with Crippen molar-refractivity contribution in [2.45, 2.75) is 32.7 Å². The van der Waals surface area contributed by atoms with E-state index in [1.165, 1.54) is 0 Å². The van der Waals surface area contributed by atoms with Crippen LogP contribution in [0.15, 0.2) is 18.2 Å². The summed E-state index contributed by atoms with van der Waals surface area (Å²) in [4.78, 5) is 13.6. The lowest BCUT2D eigenvalue weighted by Gasteiger charge is -2.35. The molecule has 4 nitrogen and oxygen atoms in total. The number of ether oxygens (including phenoxy) is 1. The molecule has 1 saturated heterocycles. The zero-order valence-electron chi connectivity index (χ0n) is 10.8. The quantitative estimate of drug-likeness (QED) is 0.895. The molecule has 1 aliphatic heterocycles. The van der Waals surface area contributed by atoms with Crippen molar-refractivity contribution < 1.29 is 14.6 Å². The number of aliphatic hydroxyl groups excluding tert-OH is 1. The summed E-state index contributed by atoms with van der Waals surface area (Å²) < 4.78 is 5.12. The smallest absolute Gasteiger partial charge is 0.414 e. The van der Waals surface area contributed by atoms with Crippen LogP contribution in [-0.4, -0.2) is 30.5 Å². The Kier molecular flexibility index (Phi) is 3.87. The molecule has 0 saturated carbocycles. The molecule has 0 radical (unpaired) electrons. The van der Waals surface area contributed by atoms with Crippen molar-refractivity contribution in [3.05, 3.63) is 29.3 Å². The third-order valence-corrected chi connectivity index (χ3v) is 3.32. The fourth-order valence-electron chi connectivity index (χ4n) is 2.33. The van der Waals surface area contributed by atoms with Gasteiger partial charge in [-0.1, -0.05) is 12.1 Å². The number of amides is 1. The standard InChI is InChI=1S/C14H19NO3/c1-10-3-4-11(2)13(9-10)15-12(5-7-16)6-8-18-14(15)17/h3-4,9,12,16H,5-8H2,1-2H3. The van der Waals surface area contributed by atoms with Crippen molar-refractivity contribution >= 4 is 11.8 Å². The first kappa shape index (κ1) is 12.9. The highest BCUT2D eigenvalue weighted by molar-refractivity contribution is 5.90. The van der Waals surface area contributed by atoms with Crippen molar-refractivity contribution in [1.82, 2.24) is 0 Å². The van der Waals surface area contributed by atoms with Crippen LogP contribution in [0, 0.1) is 13.8 Å². The van der Waals surface area contributed by atoms with E-state index < -0.39 is 0 Å². The number of rotatable bonds is 3. The third-order valence-electron chi connectivity index (χ3n) is 3.32. The van der Waals surface area contributed by atoms with Gasteiger partial charge in [-0.25, -0.2) is 4.79 Å². The molecule has 1 aromatic rings. The highest BCUT2D eigenvalue weighted by Crippen LogP contribution is 2.28. The molecule has 0 spiro atoms. The van der Waals surface area contributed by atoms with Gasteiger partial charge >= 0.3 is 6.09 Å². The number of hydrogen-bond donors (Lipinski definition) is 1. The summed E-state index contributed by atoms with van der Waals surface area (Å²) in [6.45, 7) is 4.50. The Morgan fingerprint density at radius 1 is 1.44 bits per heavy atom. The Bertz CT molecular complexity index is 443. The van der Waals surface area contributed by atoms with E-state index in [-0.39, 0.29) is 18.7 Å². The lowest BCUT2D eigenvalue weighted by atomic mass is 10.0. The monoisotopic (exact) mass is 249 g/mol. The van der Waals surface area contributed by atoms with Gasteiger partial charge in [0.15, 0.2) is 0 Å². The fourth-order valence-corrected chi connectivity index (χ4v) is 2.33. The molecule has 1 atom stereocenters. The number of benzene rings is 1. The van der Waals surface area contributed by atoms with Gasteiger partial charge in [0.1, 0.15) is 0 Å². The van der Waals surface area contributed by atoms with Gasteiger partial charge in [-0.05, 0) is 37.5 Å². The van der Waals surface area contributed by atoms with Crippen LogP contribution in [0.2, 0.25) is 0 Å². The minimum Gasteiger partial charge on any atom is -0.449 e. The number of carbonyl (C=O) groups excluding carboxylic acids is 1. The largest absolute Gasteiger partial charge is 0.449 e. The van der Waals surface area contributed by atoms with Crippen LogP contribution in [0.25, 0.3) is 0 Å². The Morgan fingerprint density at radius 3 is 2.94 bits per heavy atom. The third kappa shape index (κ3) is 2.48. The van der Waals surface area contributed by atoms with Crippen molar-refractivity contribution in [3.63, 3.8) is 0 Å². The van der Waals surface area contributed by atoms with Crippen molar-refractivity contribution in [2.24, 2.45) is 0 Å². The Morgan fingerprint density at radius 2 is 2.22 bits per heavy atom. The molecular formula is C14H19NO3. The van der Waals surface area contributed by atoms with Gasteiger partial charge in [-0.15, -0.1) is 0 Å². The van der Waals surface area contributed by atoms with E-state index in [0.717, 1.165) is 23.2 Å².